The number of halogens is 4. The number of aliphatic hydroxyl groups excluding tert-OH is 1. The van der Waals surface area contributed by atoms with Crippen LogP contribution in [0.2, 0.25) is 0 Å². The minimum atomic E-state index is -4.72. The Hall–Kier alpha value is -3.76. The van der Waals surface area contributed by atoms with Crippen LogP contribution in [0.4, 0.5) is 23.2 Å². The maximum atomic E-state index is 14.4. The van der Waals surface area contributed by atoms with Crippen molar-refractivity contribution in [3.63, 3.8) is 0 Å². The summed E-state index contributed by atoms with van der Waals surface area (Å²) in [5, 5.41) is 23.6. The molecule has 0 fully saturated rings. The van der Waals surface area contributed by atoms with Gasteiger partial charge in [0.15, 0.2) is 0 Å². The summed E-state index contributed by atoms with van der Waals surface area (Å²) in [7, 11) is 1.26. The van der Waals surface area contributed by atoms with E-state index in [9.17, 15) is 32.6 Å². The monoisotopic (exact) mass is 544 g/mol. The normalized spacial score (nSPS) is 17.4. The summed E-state index contributed by atoms with van der Waals surface area (Å²) in [5.41, 5.74) is 3.76. The second kappa shape index (κ2) is 11.5. The molecule has 39 heavy (non-hydrogen) atoms. The number of ether oxygens (including phenoxy) is 1. The van der Waals surface area contributed by atoms with Crippen LogP contribution >= 0.6 is 0 Å². The van der Waals surface area contributed by atoms with Gasteiger partial charge in [-0.15, -0.1) is 0 Å². The molecule has 1 heterocycles. The highest BCUT2D eigenvalue weighted by atomic mass is 19.4. The highest BCUT2D eigenvalue weighted by Gasteiger charge is 2.50. The average molecular weight is 545 g/mol. The van der Waals surface area contributed by atoms with Crippen molar-refractivity contribution < 1.29 is 37.3 Å². The van der Waals surface area contributed by atoms with E-state index in [2.05, 4.69) is 5.10 Å². The third kappa shape index (κ3) is 6.29. The summed E-state index contributed by atoms with van der Waals surface area (Å²) in [6.07, 6.45) is -4.74. The molecule has 1 aliphatic rings. The van der Waals surface area contributed by atoms with Crippen molar-refractivity contribution in [3.05, 3.63) is 88.7 Å². The Balaban J connectivity index is 1.57. The molecule has 3 aromatic rings. The second-order valence-electron chi connectivity index (χ2n) is 9.51. The lowest BCUT2D eigenvalue weighted by Crippen LogP contribution is -2.40. The average Bonchev–Trinajstić information content (AvgIpc) is 3.24. The molecule has 0 spiro atoms. The maximum absolute atomic E-state index is 14.4. The number of hydrazone groups is 1. The molecule has 206 valence electrons. The number of aliphatic carboxylic acids is 1. The van der Waals surface area contributed by atoms with Crippen LogP contribution in [0.15, 0.2) is 65.8 Å². The first-order valence-corrected chi connectivity index (χ1v) is 12.3. The van der Waals surface area contributed by atoms with Crippen molar-refractivity contribution >= 4 is 17.4 Å². The molecule has 0 radical (unpaired) electrons. The van der Waals surface area contributed by atoms with E-state index in [1.165, 1.54) is 19.2 Å². The summed E-state index contributed by atoms with van der Waals surface area (Å²) in [6.45, 7) is 1.41. The predicted molar refractivity (Wildman–Crippen MR) is 139 cm³/mol. The van der Waals surface area contributed by atoms with Crippen LogP contribution in [0, 0.1) is 18.7 Å². The first-order valence-electron chi connectivity index (χ1n) is 12.3. The number of aliphatic hydroxyl groups is 1. The van der Waals surface area contributed by atoms with Gasteiger partial charge in [-0.3, -0.25) is 9.80 Å². The van der Waals surface area contributed by atoms with Gasteiger partial charge in [0, 0.05) is 12.7 Å². The number of alkyl halides is 3. The lowest BCUT2D eigenvalue weighted by Gasteiger charge is -2.27. The van der Waals surface area contributed by atoms with E-state index in [0.29, 0.717) is 28.8 Å². The molecule has 0 aliphatic carbocycles. The minimum Gasteiger partial charge on any atom is -0.481 e. The van der Waals surface area contributed by atoms with Crippen molar-refractivity contribution in [3.8, 4) is 11.1 Å². The van der Waals surface area contributed by atoms with Gasteiger partial charge in [-0.2, -0.15) is 18.3 Å². The Morgan fingerprint density at radius 3 is 2.33 bits per heavy atom. The number of aryl methyl sites for hydroxylation is 1. The Labute approximate surface area is 223 Å². The summed E-state index contributed by atoms with van der Waals surface area (Å²) < 4.78 is 60.4. The number of nitrogens with zero attached hydrogens (tertiary/aromatic N) is 2. The van der Waals surface area contributed by atoms with Crippen LogP contribution in [-0.4, -0.2) is 47.8 Å². The summed E-state index contributed by atoms with van der Waals surface area (Å²) >= 11 is 0. The number of carboxylic acid groups (broad SMARTS) is 1. The highest BCUT2D eigenvalue weighted by Crippen LogP contribution is 2.37. The van der Waals surface area contributed by atoms with Gasteiger partial charge in [0.25, 0.3) is 0 Å². The van der Waals surface area contributed by atoms with E-state index in [-0.39, 0.29) is 19.0 Å². The van der Waals surface area contributed by atoms with Gasteiger partial charge in [0.05, 0.1) is 37.3 Å². The first-order chi connectivity index (χ1) is 18.5. The Morgan fingerprint density at radius 1 is 1.05 bits per heavy atom. The smallest absolute Gasteiger partial charge is 0.431 e. The minimum absolute atomic E-state index is 0.190. The SMILES string of the molecule is COCC1C(C(F)(F)F)=NN(c2ccc(Cc3ccc(-c4cc(CO)ccc4F)cc3C)cc2)C1CC(=O)O. The zero-order chi connectivity index (χ0) is 28.3. The number of hydrogen-bond donors (Lipinski definition) is 2. The third-order valence-electron chi connectivity index (χ3n) is 6.83. The molecule has 0 amide bonds. The molecule has 2 N–H and O–H groups in total. The fraction of sp³-hybridized carbons (Fsp3) is 0.310. The molecule has 0 bridgehead atoms. The molecular weight excluding hydrogens is 516 g/mol. The molecule has 3 aromatic carbocycles. The molecular formula is C29H28F4N2O4. The molecule has 4 rings (SSSR count). The molecule has 0 aromatic heterocycles. The van der Waals surface area contributed by atoms with E-state index in [0.717, 1.165) is 21.7 Å². The van der Waals surface area contributed by atoms with Crippen molar-refractivity contribution in [1.82, 2.24) is 0 Å². The van der Waals surface area contributed by atoms with Gasteiger partial charge < -0.3 is 14.9 Å². The number of carbonyl (C=O) groups is 1. The van der Waals surface area contributed by atoms with E-state index in [1.807, 2.05) is 19.1 Å². The molecule has 1 aliphatic heterocycles. The number of rotatable bonds is 9. The van der Waals surface area contributed by atoms with Crippen molar-refractivity contribution in [2.45, 2.75) is 38.6 Å². The van der Waals surface area contributed by atoms with Gasteiger partial charge in [0.2, 0.25) is 0 Å². The van der Waals surface area contributed by atoms with Gasteiger partial charge in [-0.1, -0.05) is 36.4 Å². The lowest BCUT2D eigenvalue weighted by atomic mass is 9.93. The van der Waals surface area contributed by atoms with Crippen LogP contribution < -0.4 is 5.01 Å². The van der Waals surface area contributed by atoms with E-state index in [1.54, 1.807) is 36.4 Å². The second-order valence-corrected chi connectivity index (χ2v) is 9.51. The van der Waals surface area contributed by atoms with Crippen molar-refractivity contribution in [1.29, 1.82) is 0 Å². The van der Waals surface area contributed by atoms with E-state index >= 15 is 0 Å². The summed E-state index contributed by atoms with van der Waals surface area (Å²) in [4.78, 5) is 11.5. The maximum Gasteiger partial charge on any atom is 0.431 e. The van der Waals surface area contributed by atoms with Crippen LogP contribution in [-0.2, 0) is 22.6 Å². The predicted octanol–water partition coefficient (Wildman–Crippen LogP) is 5.73. The van der Waals surface area contributed by atoms with Crippen molar-refractivity contribution in [2.24, 2.45) is 11.0 Å². The van der Waals surface area contributed by atoms with Crippen LogP contribution in [0.1, 0.15) is 28.7 Å². The fourth-order valence-electron chi connectivity index (χ4n) is 4.85. The van der Waals surface area contributed by atoms with Gasteiger partial charge >= 0.3 is 12.1 Å². The number of benzene rings is 3. The third-order valence-corrected chi connectivity index (χ3v) is 6.83. The molecule has 0 saturated carbocycles. The quantitative estimate of drug-likeness (QED) is 0.337. The summed E-state index contributed by atoms with van der Waals surface area (Å²) in [5.74, 6) is -2.86. The van der Waals surface area contributed by atoms with E-state index < -0.39 is 36.2 Å². The standard InChI is InChI=1S/C29H28F4N2O4/c1-17-11-21(23-13-19(15-36)5-10-25(23)30)7-6-20(17)12-18-3-8-22(9-4-18)35-26(14-27(37)38)24(16-39-2)28(34-35)29(31,32)33/h3-11,13,24,26,36H,12,14-16H2,1-2H3,(H,37,38). The molecule has 6 nitrogen and oxygen atoms in total. The fourth-order valence-corrected chi connectivity index (χ4v) is 4.85. The highest BCUT2D eigenvalue weighted by molar-refractivity contribution is 5.96. The summed E-state index contributed by atoms with van der Waals surface area (Å²) in [6, 6.07) is 15.7. The number of anilines is 1. The lowest BCUT2D eigenvalue weighted by molar-refractivity contribution is -0.137. The van der Waals surface area contributed by atoms with Gasteiger partial charge in [0.1, 0.15) is 11.5 Å². The molecule has 10 heteroatoms. The zero-order valence-corrected chi connectivity index (χ0v) is 21.4. The number of hydrogen-bond acceptors (Lipinski definition) is 5. The molecule has 2 unspecified atom stereocenters. The van der Waals surface area contributed by atoms with Crippen LogP contribution in [0.5, 0.6) is 0 Å². The Kier molecular flexibility index (Phi) is 8.36. The molecule has 0 saturated heterocycles. The van der Waals surface area contributed by atoms with Gasteiger partial charge in [-0.05, 0) is 65.4 Å². The Bertz CT molecular complexity index is 1370. The van der Waals surface area contributed by atoms with Gasteiger partial charge in [-0.25, -0.2) is 4.39 Å². The topological polar surface area (TPSA) is 82.4 Å². The van der Waals surface area contributed by atoms with Crippen LogP contribution in [0.3, 0.4) is 0 Å². The first kappa shape index (κ1) is 28.3. The zero-order valence-electron chi connectivity index (χ0n) is 21.4. The number of carboxylic acids is 1. The van der Waals surface area contributed by atoms with Crippen molar-refractivity contribution in [2.75, 3.05) is 18.7 Å². The van der Waals surface area contributed by atoms with E-state index in [4.69, 9.17) is 4.74 Å². The van der Waals surface area contributed by atoms with Crippen LogP contribution in [0.25, 0.3) is 11.1 Å². The number of methoxy groups -OCH3 is 1. The largest absolute Gasteiger partial charge is 0.481 e. The Morgan fingerprint density at radius 2 is 1.74 bits per heavy atom. The molecule has 2 atom stereocenters.